The van der Waals surface area contributed by atoms with Crippen molar-refractivity contribution in [2.24, 2.45) is 11.7 Å². The molecule has 0 bridgehead atoms. The van der Waals surface area contributed by atoms with Gasteiger partial charge in [0.2, 0.25) is 0 Å². The summed E-state index contributed by atoms with van der Waals surface area (Å²) in [5.41, 5.74) is 6.86. The Morgan fingerprint density at radius 3 is 2.60 bits per heavy atom. The van der Waals surface area contributed by atoms with E-state index < -0.39 is 42.4 Å². The van der Waals surface area contributed by atoms with E-state index in [1.54, 1.807) is 6.20 Å². The van der Waals surface area contributed by atoms with Crippen LogP contribution in [0, 0.1) is 5.92 Å². The number of nitrogens with two attached hydrogens (primary N) is 1. The number of phosphoric acid groups is 3. The Balaban J connectivity index is 1.60. The largest absolute Gasteiger partial charge is 0.490 e. The van der Waals surface area contributed by atoms with Crippen molar-refractivity contribution < 1.29 is 51.2 Å². The molecule has 3 unspecified atom stereocenters. The number of anilines is 1. The van der Waals surface area contributed by atoms with Gasteiger partial charge in [0.05, 0.1) is 25.5 Å². The molecule has 1 aromatic heterocycles. The predicted molar refractivity (Wildman–Crippen MR) is 100 cm³/mol. The fourth-order valence-electron chi connectivity index (χ4n) is 3.32. The molecule has 0 radical (unpaired) electrons. The van der Waals surface area contributed by atoms with Gasteiger partial charge in [-0.05, 0) is 12.5 Å². The Bertz CT molecular complexity index is 919. The van der Waals surface area contributed by atoms with Gasteiger partial charge in [-0.15, -0.1) is 0 Å². The summed E-state index contributed by atoms with van der Waals surface area (Å²) >= 11 is 0. The zero-order chi connectivity index (χ0) is 22.3. The van der Waals surface area contributed by atoms with Crippen LogP contribution in [0.5, 0.6) is 0 Å². The monoisotopic (exact) mass is 492 g/mol. The molecule has 0 aliphatic carbocycles. The van der Waals surface area contributed by atoms with E-state index in [1.165, 1.54) is 0 Å². The molecule has 0 spiro atoms. The maximum absolute atomic E-state index is 11.8. The van der Waals surface area contributed by atoms with Crippen molar-refractivity contribution in [3.8, 4) is 0 Å². The van der Waals surface area contributed by atoms with Crippen LogP contribution in [0.4, 0.5) is 5.82 Å². The molecule has 6 atom stereocenters. The van der Waals surface area contributed by atoms with Crippen molar-refractivity contribution in [1.29, 1.82) is 0 Å². The first-order valence-electron chi connectivity index (χ1n) is 8.64. The average Bonchev–Trinajstić information content (AvgIpc) is 3.13. The van der Waals surface area contributed by atoms with Gasteiger partial charge in [0.15, 0.2) is 0 Å². The zero-order valence-electron chi connectivity index (χ0n) is 15.6. The van der Waals surface area contributed by atoms with Gasteiger partial charge < -0.3 is 39.9 Å². The normalized spacial score (nSPS) is 30.9. The lowest BCUT2D eigenvalue weighted by molar-refractivity contribution is -0.0297. The number of ether oxygens (including phenoxy) is 1. The number of fused-ring (bicyclic) bond motifs is 1. The van der Waals surface area contributed by atoms with Crippen molar-refractivity contribution in [2.75, 3.05) is 18.6 Å². The number of nitrogens with zero attached hydrogens (tertiary/aromatic N) is 1. The second-order valence-electron chi connectivity index (χ2n) is 6.81. The van der Waals surface area contributed by atoms with Gasteiger partial charge in [-0.3, -0.25) is 9.84 Å². The third kappa shape index (κ3) is 5.99. The molecule has 2 aliphatic rings. The van der Waals surface area contributed by atoms with Gasteiger partial charge >= 0.3 is 23.5 Å². The molecule has 1 fully saturated rings. The second kappa shape index (κ2) is 8.72. The maximum Gasteiger partial charge on any atom is 0.490 e. The minimum absolute atomic E-state index is 0.0241. The first kappa shape index (κ1) is 24.0. The summed E-state index contributed by atoms with van der Waals surface area (Å²) < 4.78 is 53.6. The van der Waals surface area contributed by atoms with Gasteiger partial charge in [-0.1, -0.05) is 6.92 Å². The molecule has 0 aromatic carbocycles. The molecular formula is C12H23N4O11P3. The Kier molecular flexibility index (Phi) is 6.98. The van der Waals surface area contributed by atoms with E-state index in [2.05, 4.69) is 23.8 Å². The lowest BCUT2D eigenvalue weighted by Gasteiger charge is -2.27. The number of phosphoric ester groups is 1. The molecular weight excluding hydrogens is 469 g/mol. The quantitative estimate of drug-likeness (QED) is 0.248. The smallest absolute Gasteiger partial charge is 0.358 e. The van der Waals surface area contributed by atoms with E-state index in [9.17, 15) is 23.5 Å². The van der Waals surface area contributed by atoms with Gasteiger partial charge in [0.25, 0.3) is 0 Å². The summed E-state index contributed by atoms with van der Waals surface area (Å²) in [6, 6.07) is 1.84. The third-order valence-electron chi connectivity index (χ3n) is 4.43. The number of aromatic nitrogens is 1. The Hall–Kier alpha value is -0.630. The third-order valence-corrected chi connectivity index (χ3v) is 8.23. The number of hydrogen-bond donors (Lipinski definition) is 7. The summed E-state index contributed by atoms with van der Waals surface area (Å²) in [6.07, 6.45) is 0.804. The molecule has 0 amide bonds. The van der Waals surface area contributed by atoms with Crippen molar-refractivity contribution in [3.63, 3.8) is 0 Å². The van der Waals surface area contributed by atoms with E-state index in [0.29, 0.717) is 13.1 Å². The summed E-state index contributed by atoms with van der Waals surface area (Å²) in [7, 11) is -16.2. The van der Waals surface area contributed by atoms with Crippen molar-refractivity contribution >= 4 is 29.3 Å². The molecule has 2 aliphatic heterocycles. The van der Waals surface area contributed by atoms with Gasteiger partial charge in [-0.2, -0.15) is 8.62 Å². The van der Waals surface area contributed by atoms with Crippen LogP contribution in [0.1, 0.15) is 31.3 Å². The molecule has 1 aromatic rings. The highest BCUT2D eigenvalue weighted by molar-refractivity contribution is 7.66. The van der Waals surface area contributed by atoms with Crippen LogP contribution >= 0.6 is 23.5 Å². The Morgan fingerprint density at radius 1 is 1.23 bits per heavy atom. The summed E-state index contributed by atoms with van der Waals surface area (Å²) in [6.45, 7) is 1.89. The van der Waals surface area contributed by atoms with Crippen LogP contribution in [0.15, 0.2) is 12.3 Å². The van der Waals surface area contributed by atoms with Crippen LogP contribution in [0.3, 0.4) is 0 Å². The maximum atomic E-state index is 11.8. The topological polar surface area (TPSA) is 224 Å². The fraction of sp³-hybridized carbons (Fsp3) is 0.667. The number of rotatable bonds is 8. The van der Waals surface area contributed by atoms with E-state index in [0.717, 1.165) is 11.4 Å². The summed E-state index contributed by atoms with van der Waals surface area (Å²) in [4.78, 5) is 35.8. The zero-order valence-corrected chi connectivity index (χ0v) is 18.3. The van der Waals surface area contributed by atoms with Gasteiger partial charge in [0.1, 0.15) is 12.0 Å². The van der Waals surface area contributed by atoms with Crippen LogP contribution < -0.4 is 16.4 Å². The first-order valence-corrected chi connectivity index (χ1v) is 13.2. The van der Waals surface area contributed by atoms with Crippen molar-refractivity contribution in [2.45, 2.75) is 31.8 Å². The molecule has 172 valence electrons. The Morgan fingerprint density at radius 2 is 1.93 bits per heavy atom. The van der Waals surface area contributed by atoms with Crippen molar-refractivity contribution in [1.82, 2.24) is 9.88 Å². The molecule has 3 heterocycles. The van der Waals surface area contributed by atoms with Crippen LogP contribution in [-0.4, -0.2) is 43.5 Å². The molecule has 1 saturated heterocycles. The van der Waals surface area contributed by atoms with Crippen LogP contribution in [-0.2, 0) is 31.6 Å². The average molecular weight is 492 g/mol. The molecule has 30 heavy (non-hydrogen) atoms. The van der Waals surface area contributed by atoms with E-state index >= 15 is 0 Å². The lowest BCUT2D eigenvalue weighted by Crippen LogP contribution is -2.38. The molecule has 3 rings (SSSR count). The number of hydrogen-bond acceptors (Lipinski definition) is 10. The summed E-state index contributed by atoms with van der Waals surface area (Å²) in [5, 5.41) is 6.22. The van der Waals surface area contributed by atoms with Crippen molar-refractivity contribution in [3.05, 3.63) is 17.8 Å². The highest BCUT2D eigenvalue weighted by Crippen LogP contribution is 2.66. The van der Waals surface area contributed by atoms with Gasteiger partial charge in [-0.25, -0.2) is 13.7 Å². The van der Waals surface area contributed by atoms with Crippen LogP contribution in [0.2, 0.25) is 0 Å². The fourth-order valence-corrected chi connectivity index (χ4v) is 6.37. The highest BCUT2D eigenvalue weighted by atomic mass is 31.3. The van der Waals surface area contributed by atoms with E-state index in [1.807, 2.05) is 17.6 Å². The second-order valence-corrected chi connectivity index (χ2v) is 11.2. The predicted octanol–water partition coefficient (Wildman–Crippen LogP) is 0.685. The van der Waals surface area contributed by atoms with Gasteiger partial charge in [0, 0.05) is 17.7 Å². The standard InChI is InChI=1S/C12H23N4O11P3/c1-7-4-8(5-24-29(20,21)27-30(22,23)26-28(17,18)19)25-12(7)16-3-2-9-10(13)14-6-15-11(9)16/h2-3,7-8,10,12,14-15H,4-6,13H2,1H3,(H,20,21)(H,22,23)(H2,17,18,19)/t7-,8-,10?,12+/m0/s1. The first-order chi connectivity index (χ1) is 13.8. The summed E-state index contributed by atoms with van der Waals surface area (Å²) in [5.74, 6) is 0.760. The minimum atomic E-state index is -5.55. The highest BCUT2D eigenvalue weighted by Gasteiger charge is 2.42. The van der Waals surface area contributed by atoms with E-state index in [4.69, 9.17) is 20.3 Å². The molecule has 18 heteroatoms. The molecule has 15 nitrogen and oxygen atoms in total. The number of nitrogens with one attached hydrogen (secondary N) is 2. The molecule has 0 saturated carbocycles. The SMILES string of the molecule is C[C@H]1C[C@@H](COP(=O)(O)OP(=O)(O)OP(=O)(O)O)O[C@H]1n1ccc2c1NCNC2N. The lowest BCUT2D eigenvalue weighted by atomic mass is 10.1. The molecule has 8 N–H and O–H groups in total. The minimum Gasteiger partial charge on any atom is -0.358 e. The Labute approximate surface area is 170 Å². The van der Waals surface area contributed by atoms with Crippen LogP contribution in [0.25, 0.3) is 0 Å². The van der Waals surface area contributed by atoms with E-state index in [-0.39, 0.29) is 12.1 Å².